The molecule has 0 saturated carbocycles. The van der Waals surface area contributed by atoms with E-state index in [1.54, 1.807) is 0 Å². The molecule has 0 aliphatic heterocycles. The Hall–Kier alpha value is -0.380. The molecule has 0 fully saturated rings. The molecule has 0 aliphatic rings. The van der Waals surface area contributed by atoms with Gasteiger partial charge in [-0.3, -0.25) is 4.90 Å². The fourth-order valence-electron chi connectivity index (χ4n) is 1.75. The third-order valence-electron chi connectivity index (χ3n) is 2.69. The number of hydrogen-bond donors (Lipinski definition) is 1. The van der Waals surface area contributed by atoms with Crippen molar-refractivity contribution in [3.8, 4) is 0 Å². The van der Waals surface area contributed by atoms with E-state index in [0.29, 0.717) is 12.6 Å². The summed E-state index contributed by atoms with van der Waals surface area (Å²) >= 11 is 1.86. The highest BCUT2D eigenvalue weighted by Gasteiger charge is 2.17. The van der Waals surface area contributed by atoms with E-state index >= 15 is 0 Å². The van der Waals surface area contributed by atoms with Gasteiger partial charge in [0.2, 0.25) is 0 Å². The molecule has 0 amide bonds. The smallest absolute Gasteiger partial charge is 0.0478 e. The van der Waals surface area contributed by atoms with Crippen molar-refractivity contribution in [2.75, 3.05) is 20.1 Å². The lowest BCUT2D eigenvalue weighted by Gasteiger charge is -2.25. The number of nitrogens with two attached hydrogens (primary N) is 1. The average Bonchev–Trinajstić information content (AvgIpc) is 2.47. The van der Waals surface area contributed by atoms with Gasteiger partial charge in [-0.25, -0.2) is 0 Å². The molecule has 2 N–H and O–H groups in total. The summed E-state index contributed by atoms with van der Waals surface area (Å²) in [5, 5.41) is 0. The molecule has 0 saturated heterocycles. The van der Waals surface area contributed by atoms with Crippen LogP contribution in [0.2, 0.25) is 0 Å². The van der Waals surface area contributed by atoms with Crippen molar-refractivity contribution in [2.24, 2.45) is 5.73 Å². The third kappa shape index (κ3) is 2.35. The van der Waals surface area contributed by atoms with Gasteiger partial charge >= 0.3 is 0 Å². The van der Waals surface area contributed by atoms with Gasteiger partial charge in [-0.1, -0.05) is 6.92 Å². The van der Waals surface area contributed by atoms with Crippen LogP contribution in [0.15, 0.2) is 6.07 Å². The van der Waals surface area contributed by atoms with Crippen LogP contribution < -0.4 is 5.73 Å². The first kappa shape index (κ1) is 11.7. The molecule has 0 bridgehead atoms. The monoisotopic (exact) mass is 212 g/mol. The molecule has 1 unspecified atom stereocenters. The van der Waals surface area contributed by atoms with Crippen molar-refractivity contribution < 1.29 is 0 Å². The normalized spacial score (nSPS) is 13.6. The van der Waals surface area contributed by atoms with Crippen molar-refractivity contribution in [2.45, 2.75) is 26.8 Å². The van der Waals surface area contributed by atoms with Crippen molar-refractivity contribution in [3.05, 3.63) is 21.4 Å². The zero-order chi connectivity index (χ0) is 10.7. The summed E-state index contributed by atoms with van der Waals surface area (Å²) in [6.07, 6.45) is 0. The Labute approximate surface area is 90.7 Å². The van der Waals surface area contributed by atoms with Crippen molar-refractivity contribution in [3.63, 3.8) is 0 Å². The Bertz CT molecular complexity index is 293. The summed E-state index contributed by atoms with van der Waals surface area (Å²) < 4.78 is 0. The van der Waals surface area contributed by atoms with Crippen LogP contribution in [0.3, 0.4) is 0 Å². The summed E-state index contributed by atoms with van der Waals surface area (Å²) in [7, 11) is 2.13. The topological polar surface area (TPSA) is 29.3 Å². The number of nitrogens with zero attached hydrogens (tertiary/aromatic N) is 1. The standard InChI is InChI=1S/C11H20N2S/c1-5-13(4)11(7-12)10-6-8(2)14-9(10)3/h6,11H,5,7,12H2,1-4H3. The van der Waals surface area contributed by atoms with Crippen LogP contribution in [-0.2, 0) is 0 Å². The zero-order valence-corrected chi connectivity index (χ0v) is 10.3. The molecule has 3 heteroatoms. The predicted molar refractivity (Wildman–Crippen MR) is 63.9 cm³/mol. The fourth-order valence-corrected chi connectivity index (χ4v) is 2.73. The van der Waals surface area contributed by atoms with E-state index in [0.717, 1.165) is 6.54 Å². The summed E-state index contributed by atoms with van der Waals surface area (Å²) in [5.74, 6) is 0. The van der Waals surface area contributed by atoms with E-state index in [1.165, 1.54) is 15.3 Å². The average molecular weight is 212 g/mol. The molecule has 0 radical (unpaired) electrons. The van der Waals surface area contributed by atoms with Gasteiger partial charge in [0.15, 0.2) is 0 Å². The fraction of sp³-hybridized carbons (Fsp3) is 0.636. The maximum absolute atomic E-state index is 5.82. The van der Waals surface area contributed by atoms with E-state index in [2.05, 4.69) is 38.8 Å². The van der Waals surface area contributed by atoms with Crippen LogP contribution in [0.25, 0.3) is 0 Å². The molecule has 1 heterocycles. The van der Waals surface area contributed by atoms with Crippen molar-refractivity contribution >= 4 is 11.3 Å². The Morgan fingerprint density at radius 3 is 2.50 bits per heavy atom. The summed E-state index contributed by atoms with van der Waals surface area (Å²) in [4.78, 5) is 5.08. The summed E-state index contributed by atoms with van der Waals surface area (Å²) in [6, 6.07) is 2.65. The minimum absolute atomic E-state index is 0.380. The van der Waals surface area contributed by atoms with Crippen LogP contribution in [0, 0.1) is 13.8 Å². The second-order valence-electron chi connectivity index (χ2n) is 3.69. The number of hydrogen-bond acceptors (Lipinski definition) is 3. The molecule has 0 aromatic carbocycles. The molecule has 80 valence electrons. The Morgan fingerprint density at radius 2 is 2.14 bits per heavy atom. The van der Waals surface area contributed by atoms with Crippen LogP contribution >= 0.6 is 11.3 Å². The first-order chi connectivity index (χ1) is 6.60. The van der Waals surface area contributed by atoms with Gasteiger partial charge in [-0.05, 0) is 39.1 Å². The lowest BCUT2D eigenvalue weighted by molar-refractivity contribution is 0.263. The largest absolute Gasteiger partial charge is 0.329 e. The predicted octanol–water partition coefficient (Wildman–Crippen LogP) is 2.32. The quantitative estimate of drug-likeness (QED) is 0.830. The molecular weight excluding hydrogens is 192 g/mol. The van der Waals surface area contributed by atoms with Gasteiger partial charge in [-0.2, -0.15) is 0 Å². The maximum atomic E-state index is 5.82. The maximum Gasteiger partial charge on any atom is 0.0478 e. The van der Waals surface area contributed by atoms with Gasteiger partial charge in [0.25, 0.3) is 0 Å². The lowest BCUT2D eigenvalue weighted by Crippen LogP contribution is -2.30. The van der Waals surface area contributed by atoms with Crippen LogP contribution in [0.4, 0.5) is 0 Å². The molecule has 1 atom stereocenters. The molecule has 1 rings (SSSR count). The Balaban J connectivity index is 2.94. The van der Waals surface area contributed by atoms with E-state index in [4.69, 9.17) is 5.73 Å². The molecule has 1 aromatic rings. The minimum Gasteiger partial charge on any atom is -0.329 e. The zero-order valence-electron chi connectivity index (χ0n) is 9.50. The number of likely N-dealkylation sites (N-methyl/N-ethyl adjacent to an activating group) is 1. The van der Waals surface area contributed by atoms with E-state index in [1.807, 2.05) is 11.3 Å². The number of aryl methyl sites for hydroxylation is 2. The number of rotatable bonds is 4. The lowest BCUT2D eigenvalue weighted by atomic mass is 10.1. The Morgan fingerprint density at radius 1 is 1.50 bits per heavy atom. The van der Waals surface area contributed by atoms with Crippen LogP contribution in [-0.4, -0.2) is 25.0 Å². The van der Waals surface area contributed by atoms with Gasteiger partial charge in [-0.15, -0.1) is 11.3 Å². The number of thiophene rings is 1. The van der Waals surface area contributed by atoms with Gasteiger partial charge in [0.05, 0.1) is 0 Å². The highest BCUT2D eigenvalue weighted by atomic mass is 32.1. The summed E-state index contributed by atoms with van der Waals surface area (Å²) in [6.45, 7) is 8.23. The molecule has 2 nitrogen and oxygen atoms in total. The SMILES string of the molecule is CCN(C)C(CN)c1cc(C)sc1C. The first-order valence-corrected chi connectivity index (χ1v) is 5.89. The molecule has 0 aliphatic carbocycles. The molecule has 0 spiro atoms. The highest BCUT2D eigenvalue weighted by molar-refractivity contribution is 7.12. The van der Waals surface area contributed by atoms with Crippen molar-refractivity contribution in [1.29, 1.82) is 0 Å². The first-order valence-electron chi connectivity index (χ1n) is 5.07. The van der Waals surface area contributed by atoms with Crippen LogP contribution in [0.5, 0.6) is 0 Å². The van der Waals surface area contributed by atoms with E-state index in [-0.39, 0.29) is 0 Å². The van der Waals surface area contributed by atoms with Gasteiger partial charge in [0, 0.05) is 22.3 Å². The molecule has 14 heavy (non-hydrogen) atoms. The molecular formula is C11H20N2S. The van der Waals surface area contributed by atoms with Crippen molar-refractivity contribution in [1.82, 2.24) is 4.90 Å². The van der Waals surface area contributed by atoms with Gasteiger partial charge < -0.3 is 5.73 Å². The summed E-state index contributed by atoms with van der Waals surface area (Å²) in [5.41, 5.74) is 7.22. The molecule has 1 aromatic heterocycles. The van der Waals surface area contributed by atoms with Crippen LogP contribution in [0.1, 0.15) is 28.3 Å². The van der Waals surface area contributed by atoms with E-state index in [9.17, 15) is 0 Å². The van der Waals surface area contributed by atoms with Gasteiger partial charge in [0.1, 0.15) is 0 Å². The third-order valence-corrected chi connectivity index (χ3v) is 3.67. The second kappa shape index (κ2) is 4.91. The highest BCUT2D eigenvalue weighted by Crippen LogP contribution is 2.28. The second-order valence-corrected chi connectivity index (χ2v) is 5.15. The minimum atomic E-state index is 0.380. The Kier molecular flexibility index (Phi) is 4.11. The van der Waals surface area contributed by atoms with E-state index < -0.39 is 0 Å².